The molecule has 0 aliphatic carbocycles. The van der Waals surface area contributed by atoms with Gasteiger partial charge >= 0.3 is 0 Å². The first-order chi connectivity index (χ1) is 7.29. The van der Waals surface area contributed by atoms with Crippen LogP contribution in [-0.4, -0.2) is 45.1 Å². The average Bonchev–Trinajstić information content (AvgIpc) is 2.15. The molecule has 1 aromatic heterocycles. The summed E-state index contributed by atoms with van der Waals surface area (Å²) in [6, 6.07) is 0. The van der Waals surface area contributed by atoms with Gasteiger partial charge in [-0.05, 0) is 13.8 Å². The van der Waals surface area contributed by atoms with Crippen molar-refractivity contribution in [2.24, 2.45) is 0 Å². The molecule has 0 fully saturated rings. The zero-order chi connectivity index (χ0) is 12.3. The van der Waals surface area contributed by atoms with E-state index in [-0.39, 0.29) is 23.3 Å². The Balaban J connectivity index is 2.74. The Bertz CT molecular complexity index is 373. The minimum Gasteiger partial charge on any atom is -0.389 e. The fourth-order valence-electron chi connectivity index (χ4n) is 1.27. The number of hydrogen-bond donors (Lipinski definition) is 1. The Hall–Kier alpha value is -1.20. The molecule has 1 N–H and O–H groups in total. The smallest absolute Gasteiger partial charge is 0.273 e. The van der Waals surface area contributed by atoms with E-state index in [9.17, 15) is 9.90 Å². The van der Waals surface area contributed by atoms with Crippen LogP contribution in [0, 0.1) is 0 Å². The standard InChI is InChI=1S/C10H14ClN3O2/c1-10(2,16)6-14(3)9(15)7-4-13-8(11)5-12-7/h4-5,16H,6H2,1-3H3. The van der Waals surface area contributed by atoms with Crippen LogP contribution in [0.5, 0.6) is 0 Å². The largest absolute Gasteiger partial charge is 0.389 e. The van der Waals surface area contributed by atoms with E-state index in [2.05, 4.69) is 9.97 Å². The molecule has 5 nitrogen and oxygen atoms in total. The van der Waals surface area contributed by atoms with Gasteiger partial charge in [-0.1, -0.05) is 11.6 Å². The summed E-state index contributed by atoms with van der Waals surface area (Å²) in [4.78, 5) is 20.8. The van der Waals surface area contributed by atoms with Crippen LogP contribution in [-0.2, 0) is 0 Å². The van der Waals surface area contributed by atoms with Crippen LogP contribution >= 0.6 is 11.6 Å². The lowest BCUT2D eigenvalue weighted by atomic mass is 10.1. The van der Waals surface area contributed by atoms with Crippen molar-refractivity contribution in [1.29, 1.82) is 0 Å². The molecule has 0 saturated carbocycles. The lowest BCUT2D eigenvalue weighted by molar-refractivity contribution is 0.0364. The van der Waals surface area contributed by atoms with Crippen LogP contribution in [0.1, 0.15) is 24.3 Å². The van der Waals surface area contributed by atoms with Gasteiger partial charge in [0, 0.05) is 13.6 Å². The Morgan fingerprint density at radius 2 is 2.12 bits per heavy atom. The lowest BCUT2D eigenvalue weighted by Crippen LogP contribution is -2.40. The molecule has 0 aliphatic heterocycles. The molecule has 16 heavy (non-hydrogen) atoms. The average molecular weight is 244 g/mol. The Morgan fingerprint density at radius 3 is 2.56 bits per heavy atom. The van der Waals surface area contributed by atoms with E-state index < -0.39 is 5.60 Å². The Morgan fingerprint density at radius 1 is 1.50 bits per heavy atom. The van der Waals surface area contributed by atoms with Gasteiger partial charge in [-0.3, -0.25) is 4.79 Å². The minimum atomic E-state index is -0.940. The summed E-state index contributed by atoms with van der Waals surface area (Å²) in [6.07, 6.45) is 2.62. The van der Waals surface area contributed by atoms with E-state index in [1.807, 2.05) is 0 Å². The predicted octanol–water partition coefficient (Wildman–Crippen LogP) is 0.973. The second kappa shape index (κ2) is 4.76. The highest BCUT2D eigenvalue weighted by molar-refractivity contribution is 6.29. The zero-order valence-electron chi connectivity index (χ0n) is 9.44. The zero-order valence-corrected chi connectivity index (χ0v) is 10.2. The molecule has 0 aromatic carbocycles. The topological polar surface area (TPSA) is 66.3 Å². The third kappa shape index (κ3) is 3.75. The Kier molecular flexibility index (Phi) is 3.83. The number of nitrogens with zero attached hydrogens (tertiary/aromatic N) is 3. The van der Waals surface area contributed by atoms with Crippen molar-refractivity contribution in [3.63, 3.8) is 0 Å². The van der Waals surface area contributed by atoms with Gasteiger partial charge in [0.2, 0.25) is 0 Å². The van der Waals surface area contributed by atoms with Crippen LogP contribution in [0.2, 0.25) is 5.15 Å². The molecule has 6 heteroatoms. The normalized spacial score (nSPS) is 11.3. The number of carbonyl (C=O) groups excluding carboxylic acids is 1. The summed E-state index contributed by atoms with van der Waals surface area (Å²) >= 11 is 5.56. The fourth-order valence-corrected chi connectivity index (χ4v) is 1.37. The number of hydrogen-bond acceptors (Lipinski definition) is 4. The van der Waals surface area contributed by atoms with Gasteiger partial charge in [0.1, 0.15) is 10.8 Å². The Labute approximate surface area is 99.1 Å². The molecule has 0 atom stereocenters. The molecule has 0 radical (unpaired) electrons. The third-order valence-electron chi connectivity index (χ3n) is 1.81. The molecule has 0 bridgehead atoms. The van der Waals surface area contributed by atoms with Crippen molar-refractivity contribution < 1.29 is 9.90 Å². The van der Waals surface area contributed by atoms with Crippen LogP contribution in [0.3, 0.4) is 0 Å². The second-order valence-corrected chi connectivity index (χ2v) is 4.59. The summed E-state index contributed by atoms with van der Waals surface area (Å²) < 4.78 is 0. The SMILES string of the molecule is CN(CC(C)(C)O)C(=O)c1cnc(Cl)cn1. The predicted molar refractivity (Wildman–Crippen MR) is 60.3 cm³/mol. The van der Waals surface area contributed by atoms with Crippen molar-refractivity contribution in [1.82, 2.24) is 14.9 Å². The lowest BCUT2D eigenvalue weighted by Gasteiger charge is -2.25. The molecule has 1 aromatic rings. The molecule has 1 amide bonds. The highest BCUT2D eigenvalue weighted by atomic mass is 35.5. The first-order valence-corrected chi connectivity index (χ1v) is 5.13. The maximum Gasteiger partial charge on any atom is 0.273 e. The van der Waals surface area contributed by atoms with Gasteiger partial charge in [0.25, 0.3) is 5.91 Å². The molecule has 88 valence electrons. The molecule has 0 aliphatic rings. The number of halogens is 1. The molecule has 0 saturated heterocycles. The van der Waals surface area contributed by atoms with Crippen molar-refractivity contribution in [3.8, 4) is 0 Å². The van der Waals surface area contributed by atoms with Gasteiger partial charge in [-0.2, -0.15) is 0 Å². The summed E-state index contributed by atoms with van der Waals surface area (Å²) in [5.74, 6) is -0.300. The molecule has 0 spiro atoms. The highest BCUT2D eigenvalue weighted by Crippen LogP contribution is 2.07. The summed E-state index contributed by atoms with van der Waals surface area (Å²) in [5, 5.41) is 9.81. The summed E-state index contributed by atoms with van der Waals surface area (Å²) in [5.41, 5.74) is -0.735. The van der Waals surface area contributed by atoms with E-state index in [1.165, 1.54) is 17.3 Å². The van der Waals surface area contributed by atoms with Gasteiger partial charge in [-0.25, -0.2) is 9.97 Å². The number of rotatable bonds is 3. The number of amides is 1. The van der Waals surface area contributed by atoms with Crippen molar-refractivity contribution in [2.45, 2.75) is 19.4 Å². The number of aromatic nitrogens is 2. The van der Waals surface area contributed by atoms with Gasteiger partial charge in [-0.15, -0.1) is 0 Å². The highest BCUT2D eigenvalue weighted by Gasteiger charge is 2.21. The number of aliphatic hydroxyl groups is 1. The third-order valence-corrected chi connectivity index (χ3v) is 2.01. The van der Waals surface area contributed by atoms with Gasteiger partial charge in [0.05, 0.1) is 18.0 Å². The maximum absolute atomic E-state index is 11.8. The van der Waals surface area contributed by atoms with E-state index in [0.29, 0.717) is 0 Å². The van der Waals surface area contributed by atoms with Gasteiger partial charge in [0.15, 0.2) is 0 Å². The molecule has 1 rings (SSSR count). The quantitative estimate of drug-likeness (QED) is 0.859. The van der Waals surface area contributed by atoms with E-state index in [4.69, 9.17) is 11.6 Å². The first-order valence-electron chi connectivity index (χ1n) is 4.75. The second-order valence-electron chi connectivity index (χ2n) is 4.20. The molecule has 0 unspecified atom stereocenters. The minimum absolute atomic E-state index is 0.205. The molecule has 1 heterocycles. The van der Waals surface area contributed by atoms with E-state index in [1.54, 1.807) is 20.9 Å². The van der Waals surface area contributed by atoms with Crippen molar-refractivity contribution >= 4 is 17.5 Å². The van der Waals surface area contributed by atoms with Crippen LogP contribution in [0.25, 0.3) is 0 Å². The van der Waals surface area contributed by atoms with Crippen molar-refractivity contribution in [3.05, 3.63) is 23.2 Å². The fraction of sp³-hybridized carbons (Fsp3) is 0.500. The summed E-state index contributed by atoms with van der Waals surface area (Å²) in [7, 11) is 1.59. The van der Waals surface area contributed by atoms with Gasteiger partial charge < -0.3 is 10.0 Å². The maximum atomic E-state index is 11.8. The number of likely N-dealkylation sites (N-methyl/N-ethyl adjacent to an activating group) is 1. The van der Waals surface area contributed by atoms with E-state index in [0.717, 1.165) is 0 Å². The van der Waals surface area contributed by atoms with Crippen molar-refractivity contribution in [2.75, 3.05) is 13.6 Å². The van der Waals surface area contributed by atoms with Crippen LogP contribution in [0.4, 0.5) is 0 Å². The molecular weight excluding hydrogens is 230 g/mol. The first kappa shape index (κ1) is 12.9. The van der Waals surface area contributed by atoms with E-state index >= 15 is 0 Å². The van der Waals surface area contributed by atoms with Crippen LogP contribution in [0.15, 0.2) is 12.4 Å². The van der Waals surface area contributed by atoms with Crippen LogP contribution < -0.4 is 0 Å². The summed E-state index contributed by atoms with van der Waals surface area (Å²) in [6.45, 7) is 3.48. The monoisotopic (exact) mass is 243 g/mol. The molecular formula is C10H14ClN3O2. The number of carbonyl (C=O) groups is 1.